The Labute approximate surface area is 169 Å². The van der Waals surface area contributed by atoms with Crippen LogP contribution in [0.1, 0.15) is 30.5 Å². The average molecular weight is 422 g/mol. The number of thiol groups is 1. The summed E-state index contributed by atoms with van der Waals surface area (Å²) in [5, 5.41) is 8.94. The van der Waals surface area contributed by atoms with Crippen molar-refractivity contribution < 1.29 is 22.4 Å². The fraction of sp³-hybridized carbons (Fsp3) is 0.316. The van der Waals surface area contributed by atoms with Crippen LogP contribution in [-0.2, 0) is 11.0 Å². The maximum Gasteiger partial charge on any atom is 0.419 e. The number of aromatic nitrogens is 1. The zero-order valence-corrected chi connectivity index (χ0v) is 15.7. The molecule has 0 radical (unpaired) electrons. The van der Waals surface area contributed by atoms with Crippen molar-refractivity contribution in [2.75, 3.05) is 9.80 Å². The molecule has 2 heterocycles. The quantitative estimate of drug-likeness (QED) is 0.585. The van der Waals surface area contributed by atoms with Gasteiger partial charge < -0.3 is 4.90 Å². The van der Waals surface area contributed by atoms with Gasteiger partial charge in [-0.3, -0.25) is 9.69 Å². The largest absolute Gasteiger partial charge is 0.419 e. The Hall–Kier alpha value is -2.80. The van der Waals surface area contributed by atoms with Crippen LogP contribution in [0, 0.1) is 17.1 Å². The summed E-state index contributed by atoms with van der Waals surface area (Å²) in [5.41, 5.74) is -3.40. The van der Waals surface area contributed by atoms with E-state index in [4.69, 9.17) is 5.26 Å². The molecule has 1 saturated carbocycles. The summed E-state index contributed by atoms with van der Waals surface area (Å²) in [4.78, 5) is 19.7. The van der Waals surface area contributed by atoms with Gasteiger partial charge in [0.1, 0.15) is 17.4 Å². The summed E-state index contributed by atoms with van der Waals surface area (Å²) < 4.78 is 53.4. The van der Waals surface area contributed by atoms with E-state index in [1.165, 1.54) is 30.3 Å². The Morgan fingerprint density at radius 3 is 2.38 bits per heavy atom. The van der Waals surface area contributed by atoms with E-state index in [-0.39, 0.29) is 5.69 Å². The van der Waals surface area contributed by atoms with Crippen LogP contribution in [0.3, 0.4) is 0 Å². The molecule has 150 valence electrons. The molecule has 1 aromatic heterocycles. The Morgan fingerprint density at radius 1 is 1.21 bits per heavy atom. The first-order valence-electron chi connectivity index (χ1n) is 8.73. The molecule has 1 amide bonds. The van der Waals surface area contributed by atoms with Crippen molar-refractivity contribution in [1.82, 2.24) is 4.98 Å². The maximum absolute atomic E-state index is 13.3. The summed E-state index contributed by atoms with van der Waals surface area (Å²) in [6, 6.07) is 7.68. The number of anilines is 2. The van der Waals surface area contributed by atoms with Gasteiger partial charge in [0.05, 0.1) is 17.4 Å². The van der Waals surface area contributed by atoms with Gasteiger partial charge in [-0.25, -0.2) is 9.37 Å². The third-order valence-electron chi connectivity index (χ3n) is 5.39. The molecule has 29 heavy (non-hydrogen) atoms. The topological polar surface area (TPSA) is 60.2 Å². The molecule has 1 aliphatic carbocycles. The van der Waals surface area contributed by atoms with Gasteiger partial charge in [0.25, 0.3) is 5.91 Å². The lowest BCUT2D eigenvalue weighted by Crippen LogP contribution is -2.55. The maximum atomic E-state index is 13.3. The van der Waals surface area contributed by atoms with Crippen LogP contribution < -0.4 is 9.80 Å². The minimum Gasteiger partial charge on any atom is -0.328 e. The number of hydrogen-bond donors (Lipinski definition) is 1. The average Bonchev–Trinajstić information content (AvgIpc) is 2.88. The van der Waals surface area contributed by atoms with Crippen molar-refractivity contribution in [2.24, 2.45) is 0 Å². The predicted octanol–water partition coefficient (Wildman–Crippen LogP) is 4.10. The van der Waals surface area contributed by atoms with E-state index in [1.807, 2.05) is 0 Å². The lowest BCUT2D eigenvalue weighted by atomic mass is 9.75. The van der Waals surface area contributed by atoms with Gasteiger partial charge in [-0.15, -0.1) is 12.6 Å². The van der Waals surface area contributed by atoms with Crippen molar-refractivity contribution >= 4 is 29.9 Å². The molecule has 10 heteroatoms. The van der Waals surface area contributed by atoms with Gasteiger partial charge in [-0.05, 0) is 49.6 Å². The lowest BCUT2D eigenvalue weighted by Gasteiger charge is -2.44. The number of nitrogens with zero attached hydrogens (tertiary/aromatic N) is 4. The van der Waals surface area contributed by atoms with Gasteiger partial charge in [0.15, 0.2) is 11.2 Å². The third-order valence-corrected chi connectivity index (χ3v) is 5.85. The first-order chi connectivity index (χ1) is 13.7. The first-order valence-corrected chi connectivity index (χ1v) is 9.25. The van der Waals surface area contributed by atoms with Crippen LogP contribution in [0.5, 0.6) is 0 Å². The molecule has 1 aromatic carbocycles. The second-order valence-electron chi connectivity index (χ2n) is 6.95. The summed E-state index contributed by atoms with van der Waals surface area (Å²) in [6.45, 7) is 0. The molecular weight excluding hydrogens is 408 g/mol. The monoisotopic (exact) mass is 422 g/mol. The van der Waals surface area contributed by atoms with Crippen molar-refractivity contribution in [3.63, 3.8) is 0 Å². The highest BCUT2D eigenvalue weighted by atomic mass is 32.1. The summed E-state index contributed by atoms with van der Waals surface area (Å²) in [6.07, 6.45) is -1.94. The number of benzene rings is 1. The van der Waals surface area contributed by atoms with Crippen LogP contribution in [0.25, 0.3) is 0 Å². The SMILES string of the molecule is N#Cc1ncc(N2C(=O)C3(CCC3)N(c3ccc(F)cc3)C2S)cc1C(F)(F)F. The smallest absolute Gasteiger partial charge is 0.328 e. The second kappa shape index (κ2) is 6.62. The van der Waals surface area contributed by atoms with E-state index in [1.54, 1.807) is 4.90 Å². The van der Waals surface area contributed by atoms with Crippen LogP contribution in [0.15, 0.2) is 36.5 Å². The Kier molecular flexibility index (Phi) is 4.46. The number of amides is 1. The van der Waals surface area contributed by atoms with Crippen molar-refractivity contribution in [1.29, 1.82) is 5.26 Å². The van der Waals surface area contributed by atoms with Gasteiger partial charge in [0.2, 0.25) is 0 Å². The van der Waals surface area contributed by atoms with E-state index in [0.717, 1.165) is 23.6 Å². The molecule has 0 bridgehead atoms. The summed E-state index contributed by atoms with van der Waals surface area (Å²) >= 11 is 4.51. The molecule has 0 N–H and O–H groups in total. The number of halogens is 4. The zero-order valence-electron chi connectivity index (χ0n) is 14.8. The minimum atomic E-state index is -4.80. The predicted molar refractivity (Wildman–Crippen MR) is 99.7 cm³/mol. The molecule has 2 fully saturated rings. The molecule has 1 aliphatic heterocycles. The van der Waals surface area contributed by atoms with E-state index in [0.29, 0.717) is 18.5 Å². The fourth-order valence-electron chi connectivity index (χ4n) is 3.86. The number of pyridine rings is 1. The van der Waals surface area contributed by atoms with E-state index in [9.17, 15) is 22.4 Å². The molecule has 4 rings (SSSR count). The highest BCUT2D eigenvalue weighted by Gasteiger charge is 2.60. The highest BCUT2D eigenvalue weighted by molar-refractivity contribution is 7.81. The molecule has 1 spiro atoms. The molecule has 1 saturated heterocycles. The summed E-state index contributed by atoms with van der Waals surface area (Å²) in [7, 11) is 0. The van der Waals surface area contributed by atoms with Gasteiger partial charge in [-0.2, -0.15) is 18.4 Å². The fourth-order valence-corrected chi connectivity index (χ4v) is 4.45. The molecular formula is C19H14F4N4OS. The van der Waals surface area contributed by atoms with Crippen molar-refractivity contribution in [2.45, 2.75) is 36.5 Å². The number of hydrogen-bond acceptors (Lipinski definition) is 5. The summed E-state index contributed by atoms with van der Waals surface area (Å²) in [5.74, 6) is -0.840. The molecule has 5 nitrogen and oxygen atoms in total. The van der Waals surface area contributed by atoms with Crippen LogP contribution in [-0.4, -0.2) is 21.9 Å². The zero-order chi connectivity index (χ0) is 21.0. The molecule has 1 unspecified atom stereocenters. The van der Waals surface area contributed by atoms with Crippen LogP contribution in [0.2, 0.25) is 0 Å². The first kappa shape index (κ1) is 19.5. The normalized spacial score (nSPS) is 20.7. The number of nitriles is 1. The number of rotatable bonds is 2. The highest BCUT2D eigenvalue weighted by Crippen LogP contribution is 2.50. The van der Waals surface area contributed by atoms with Crippen LogP contribution in [0.4, 0.5) is 28.9 Å². The van der Waals surface area contributed by atoms with Gasteiger partial charge in [0, 0.05) is 5.69 Å². The molecule has 2 aromatic rings. The van der Waals surface area contributed by atoms with E-state index >= 15 is 0 Å². The minimum absolute atomic E-state index is 0.0998. The standard InChI is InChI=1S/C19H14F4N4OS/c20-11-2-4-12(5-3-11)27-17(29)26(16(28)18(27)6-1-7-18)13-8-14(19(21,22)23)15(9-24)25-10-13/h2-5,8,10,17,29H,1,6-7H2. The number of alkyl halides is 3. The van der Waals surface area contributed by atoms with E-state index < -0.39 is 40.2 Å². The van der Waals surface area contributed by atoms with Gasteiger partial charge >= 0.3 is 6.18 Å². The number of carbonyl (C=O) groups is 1. The lowest BCUT2D eigenvalue weighted by molar-refractivity contribution is -0.138. The van der Waals surface area contributed by atoms with Gasteiger partial charge in [-0.1, -0.05) is 0 Å². The number of carbonyl (C=O) groups excluding carboxylic acids is 1. The Bertz CT molecular complexity index is 1010. The molecule has 1 atom stereocenters. The Morgan fingerprint density at radius 2 is 1.86 bits per heavy atom. The van der Waals surface area contributed by atoms with Crippen molar-refractivity contribution in [3.05, 3.63) is 53.6 Å². The second-order valence-corrected chi connectivity index (χ2v) is 7.41. The van der Waals surface area contributed by atoms with Crippen LogP contribution >= 0.6 is 12.6 Å². The third kappa shape index (κ3) is 2.92. The van der Waals surface area contributed by atoms with Crippen molar-refractivity contribution in [3.8, 4) is 6.07 Å². The Balaban J connectivity index is 1.81. The molecule has 2 aliphatic rings. The van der Waals surface area contributed by atoms with E-state index in [2.05, 4.69) is 17.6 Å².